The van der Waals surface area contributed by atoms with Gasteiger partial charge in [-0.05, 0) is 42.5 Å². The van der Waals surface area contributed by atoms with Gasteiger partial charge in [0, 0.05) is 49.6 Å². The highest BCUT2D eigenvalue weighted by molar-refractivity contribution is 5.76. The van der Waals surface area contributed by atoms with Crippen molar-refractivity contribution in [1.29, 1.82) is 0 Å². The summed E-state index contributed by atoms with van der Waals surface area (Å²) in [6, 6.07) is 13.3. The lowest BCUT2D eigenvalue weighted by atomic mass is 10.1. The van der Waals surface area contributed by atoms with Gasteiger partial charge in [-0.2, -0.15) is 5.10 Å². The van der Waals surface area contributed by atoms with E-state index in [-0.39, 0.29) is 29.5 Å². The standard InChI is InChI=1S/C23H22F2N4O3/c1-32-18-6-7-19(20(25)14-18)21-8-9-22(30)29(26-21)15-23(31)28-12-10-27(11-13-28)17-4-2-16(24)3-5-17/h2-9,14H,10-13,15H2,1H3. The fourth-order valence-electron chi connectivity index (χ4n) is 3.63. The SMILES string of the molecule is COc1ccc(-c2ccc(=O)n(CC(=O)N3CCN(c4ccc(F)cc4)CC3)n2)c(F)c1. The van der Waals surface area contributed by atoms with Crippen LogP contribution < -0.4 is 15.2 Å². The Kier molecular flexibility index (Phi) is 6.16. The van der Waals surface area contributed by atoms with Crippen LogP contribution in [0.2, 0.25) is 0 Å². The lowest BCUT2D eigenvalue weighted by molar-refractivity contribution is -0.132. The normalized spacial score (nSPS) is 13.8. The van der Waals surface area contributed by atoms with Crippen molar-refractivity contribution in [2.24, 2.45) is 0 Å². The summed E-state index contributed by atoms with van der Waals surface area (Å²) >= 11 is 0. The Bertz CT molecular complexity index is 1170. The lowest BCUT2D eigenvalue weighted by Crippen LogP contribution is -2.50. The maximum absolute atomic E-state index is 14.4. The van der Waals surface area contributed by atoms with Crippen molar-refractivity contribution >= 4 is 11.6 Å². The molecule has 1 aliphatic heterocycles. The van der Waals surface area contributed by atoms with Gasteiger partial charge in [0.25, 0.3) is 5.56 Å². The van der Waals surface area contributed by atoms with E-state index in [4.69, 9.17) is 4.74 Å². The predicted octanol–water partition coefficient (Wildman–Crippen LogP) is 2.55. The fourth-order valence-corrected chi connectivity index (χ4v) is 3.63. The van der Waals surface area contributed by atoms with Crippen LogP contribution in [0.5, 0.6) is 5.75 Å². The van der Waals surface area contributed by atoms with E-state index in [0.717, 1.165) is 10.4 Å². The number of methoxy groups -OCH3 is 1. The highest BCUT2D eigenvalue weighted by Gasteiger charge is 2.22. The average molecular weight is 440 g/mol. The van der Waals surface area contributed by atoms with Crippen molar-refractivity contribution < 1.29 is 18.3 Å². The molecule has 3 aromatic rings. The highest BCUT2D eigenvalue weighted by Crippen LogP contribution is 2.24. The molecular weight excluding hydrogens is 418 g/mol. The predicted molar refractivity (Wildman–Crippen MR) is 116 cm³/mol. The van der Waals surface area contributed by atoms with Crippen LogP contribution in [-0.4, -0.2) is 53.9 Å². The summed E-state index contributed by atoms with van der Waals surface area (Å²) in [6.45, 7) is 1.89. The molecule has 4 rings (SSSR count). The Balaban J connectivity index is 1.44. The minimum Gasteiger partial charge on any atom is -0.497 e. The number of hydrogen-bond donors (Lipinski definition) is 0. The molecule has 0 spiro atoms. The maximum Gasteiger partial charge on any atom is 0.267 e. The van der Waals surface area contributed by atoms with E-state index in [1.165, 1.54) is 43.5 Å². The third-order valence-electron chi connectivity index (χ3n) is 5.43. The number of carbonyl (C=O) groups excluding carboxylic acids is 1. The number of ether oxygens (including phenoxy) is 1. The first-order valence-corrected chi connectivity index (χ1v) is 10.1. The summed E-state index contributed by atoms with van der Waals surface area (Å²) in [5.74, 6) is -0.706. The first-order valence-electron chi connectivity index (χ1n) is 10.1. The van der Waals surface area contributed by atoms with E-state index < -0.39 is 11.4 Å². The molecule has 1 fully saturated rings. The Morgan fingerprint density at radius 1 is 1.00 bits per heavy atom. The number of amides is 1. The van der Waals surface area contributed by atoms with Crippen LogP contribution in [0.3, 0.4) is 0 Å². The number of aromatic nitrogens is 2. The highest BCUT2D eigenvalue weighted by atomic mass is 19.1. The van der Waals surface area contributed by atoms with Crippen LogP contribution in [0.1, 0.15) is 0 Å². The van der Waals surface area contributed by atoms with Crippen LogP contribution in [0, 0.1) is 11.6 Å². The quantitative estimate of drug-likeness (QED) is 0.610. The number of rotatable bonds is 5. The van der Waals surface area contributed by atoms with Crippen molar-refractivity contribution in [3.05, 3.63) is 76.6 Å². The van der Waals surface area contributed by atoms with Crippen molar-refractivity contribution in [3.8, 4) is 17.0 Å². The molecule has 2 aromatic carbocycles. The molecule has 166 valence electrons. The molecule has 0 saturated carbocycles. The third kappa shape index (κ3) is 4.61. The minimum atomic E-state index is -0.537. The molecule has 0 aliphatic carbocycles. The second-order valence-corrected chi connectivity index (χ2v) is 7.40. The molecule has 0 bridgehead atoms. The summed E-state index contributed by atoms with van der Waals surface area (Å²) in [4.78, 5) is 28.8. The van der Waals surface area contributed by atoms with Crippen molar-refractivity contribution in [1.82, 2.24) is 14.7 Å². The fraction of sp³-hybridized carbons (Fsp3) is 0.261. The summed E-state index contributed by atoms with van der Waals surface area (Å²) in [7, 11) is 1.44. The van der Waals surface area contributed by atoms with Gasteiger partial charge in [0.15, 0.2) is 0 Å². The van der Waals surface area contributed by atoms with E-state index in [1.54, 1.807) is 23.1 Å². The molecule has 1 saturated heterocycles. The molecule has 7 nitrogen and oxygen atoms in total. The average Bonchev–Trinajstić information content (AvgIpc) is 2.81. The first kappa shape index (κ1) is 21.5. The largest absolute Gasteiger partial charge is 0.497 e. The molecular formula is C23H22F2N4O3. The molecule has 32 heavy (non-hydrogen) atoms. The third-order valence-corrected chi connectivity index (χ3v) is 5.43. The van der Waals surface area contributed by atoms with E-state index >= 15 is 0 Å². The van der Waals surface area contributed by atoms with Crippen molar-refractivity contribution in [2.75, 3.05) is 38.2 Å². The molecule has 1 aromatic heterocycles. The van der Waals surface area contributed by atoms with E-state index in [2.05, 4.69) is 10.00 Å². The summed E-state index contributed by atoms with van der Waals surface area (Å²) in [5, 5.41) is 4.19. The van der Waals surface area contributed by atoms with E-state index in [0.29, 0.717) is 31.9 Å². The Hall–Kier alpha value is -3.75. The van der Waals surface area contributed by atoms with E-state index in [1.807, 2.05) is 0 Å². The molecule has 0 radical (unpaired) electrons. The Morgan fingerprint density at radius 3 is 2.38 bits per heavy atom. The molecule has 0 N–H and O–H groups in total. The number of nitrogens with zero attached hydrogens (tertiary/aromatic N) is 4. The molecule has 1 amide bonds. The monoisotopic (exact) mass is 440 g/mol. The van der Waals surface area contributed by atoms with Crippen LogP contribution in [-0.2, 0) is 11.3 Å². The number of piperazine rings is 1. The van der Waals surface area contributed by atoms with Gasteiger partial charge in [-0.3, -0.25) is 9.59 Å². The lowest BCUT2D eigenvalue weighted by Gasteiger charge is -2.36. The van der Waals surface area contributed by atoms with Gasteiger partial charge in [-0.25, -0.2) is 13.5 Å². The van der Waals surface area contributed by atoms with Gasteiger partial charge < -0.3 is 14.5 Å². The zero-order chi connectivity index (χ0) is 22.7. The van der Waals surface area contributed by atoms with Gasteiger partial charge in [-0.1, -0.05) is 0 Å². The summed E-state index contributed by atoms with van der Waals surface area (Å²) in [5.41, 5.74) is 0.908. The van der Waals surface area contributed by atoms with E-state index in [9.17, 15) is 18.4 Å². The summed E-state index contributed by atoms with van der Waals surface area (Å²) < 4.78 is 33.6. The van der Waals surface area contributed by atoms with Gasteiger partial charge in [0.2, 0.25) is 5.91 Å². The molecule has 9 heteroatoms. The smallest absolute Gasteiger partial charge is 0.267 e. The first-order chi connectivity index (χ1) is 15.4. The van der Waals surface area contributed by atoms with Crippen LogP contribution in [0.25, 0.3) is 11.3 Å². The zero-order valence-corrected chi connectivity index (χ0v) is 17.5. The molecule has 0 atom stereocenters. The number of halogens is 2. The van der Waals surface area contributed by atoms with Crippen molar-refractivity contribution in [2.45, 2.75) is 6.54 Å². The summed E-state index contributed by atoms with van der Waals surface area (Å²) in [6.07, 6.45) is 0. The van der Waals surface area contributed by atoms with Crippen LogP contribution in [0.4, 0.5) is 14.5 Å². The van der Waals surface area contributed by atoms with Crippen molar-refractivity contribution in [3.63, 3.8) is 0 Å². The van der Waals surface area contributed by atoms with Gasteiger partial charge >= 0.3 is 0 Å². The second-order valence-electron chi connectivity index (χ2n) is 7.40. The second kappa shape index (κ2) is 9.17. The molecule has 2 heterocycles. The number of carbonyl (C=O) groups is 1. The zero-order valence-electron chi connectivity index (χ0n) is 17.5. The van der Waals surface area contributed by atoms with Crippen LogP contribution in [0.15, 0.2) is 59.4 Å². The Labute approximate surface area is 183 Å². The maximum atomic E-state index is 14.4. The minimum absolute atomic E-state index is 0.208. The van der Waals surface area contributed by atoms with Gasteiger partial charge in [0.05, 0.1) is 12.8 Å². The Morgan fingerprint density at radius 2 is 1.72 bits per heavy atom. The number of benzene rings is 2. The number of anilines is 1. The van der Waals surface area contributed by atoms with Gasteiger partial charge in [0.1, 0.15) is 23.9 Å². The van der Waals surface area contributed by atoms with Crippen LogP contribution >= 0.6 is 0 Å². The van der Waals surface area contributed by atoms with Gasteiger partial charge in [-0.15, -0.1) is 0 Å². The number of hydrogen-bond acceptors (Lipinski definition) is 5. The molecule has 0 unspecified atom stereocenters. The topological polar surface area (TPSA) is 67.7 Å². The molecule has 1 aliphatic rings.